The van der Waals surface area contributed by atoms with Gasteiger partial charge in [-0.25, -0.2) is 0 Å². The van der Waals surface area contributed by atoms with E-state index in [0.29, 0.717) is 3.12 Å². The first-order valence-corrected chi connectivity index (χ1v) is 10.5. The van der Waals surface area contributed by atoms with Gasteiger partial charge < -0.3 is 24.8 Å². The largest absolute Gasteiger partial charge is 1.00 e. The number of allylic oxidation sites excluding steroid dienone is 8. The van der Waals surface area contributed by atoms with Crippen LogP contribution in [0.2, 0.25) is 0 Å². The standard InChI is InChI=1S/C15H15.C5H5.2ClH.Zr/c1-2-6-12(7-3-1)15-11-10-13-8-4-5-9-14(13)15;1-2-4-5-3-1;;;/h1-3,6-7,10-11H,4-5,8-9H2;1-3H,4H2;2*1H;/q;;;;+2/p-2. The Balaban J connectivity index is 0.000000960. The molecule has 3 aliphatic carbocycles. The maximum Gasteiger partial charge on any atom is -1.00 e. The van der Waals surface area contributed by atoms with E-state index >= 15 is 0 Å². The fourth-order valence-corrected chi connectivity index (χ4v) is 8.32. The molecule has 0 saturated heterocycles. The fraction of sp³-hybridized carbons (Fsp3) is 0.300. The van der Waals surface area contributed by atoms with Crippen LogP contribution in [-0.4, -0.2) is 0 Å². The van der Waals surface area contributed by atoms with Crippen molar-refractivity contribution in [3.05, 3.63) is 80.7 Å². The molecule has 0 aromatic heterocycles. The summed E-state index contributed by atoms with van der Waals surface area (Å²) in [6, 6.07) is 11.3. The molecule has 3 heteroatoms. The first kappa shape index (κ1) is 19.0. The number of benzene rings is 1. The van der Waals surface area contributed by atoms with E-state index in [1.165, 1.54) is 32.1 Å². The second-order valence-corrected chi connectivity index (χ2v) is 10.3. The minimum absolute atomic E-state index is 0. The summed E-state index contributed by atoms with van der Waals surface area (Å²) in [6.45, 7) is 0. The zero-order chi connectivity index (χ0) is 14.1. The molecule has 118 valence electrons. The summed E-state index contributed by atoms with van der Waals surface area (Å²) in [7, 11) is 0. The average molecular weight is 423 g/mol. The molecule has 1 atom stereocenters. The molecule has 0 nitrogen and oxygen atoms in total. The van der Waals surface area contributed by atoms with Crippen LogP contribution in [0.3, 0.4) is 0 Å². The van der Waals surface area contributed by atoms with E-state index < -0.39 is 23.2 Å². The molecule has 1 aromatic rings. The second kappa shape index (κ2) is 8.15. The van der Waals surface area contributed by atoms with Crippen molar-refractivity contribution in [2.45, 2.75) is 35.2 Å². The molecule has 1 unspecified atom stereocenters. The Kier molecular flexibility index (Phi) is 6.72. The van der Waals surface area contributed by atoms with E-state index in [0.717, 1.165) is 0 Å². The zero-order valence-corrected chi connectivity index (χ0v) is 17.0. The summed E-state index contributed by atoms with van der Waals surface area (Å²) in [5, 5.41) is 0. The quantitative estimate of drug-likeness (QED) is 0.602. The molecule has 0 N–H and O–H groups in total. The summed E-state index contributed by atoms with van der Waals surface area (Å²) in [6.07, 6.45) is 18.6. The molecule has 0 saturated carbocycles. The van der Waals surface area contributed by atoms with Crippen LogP contribution < -0.4 is 24.8 Å². The molecule has 0 amide bonds. The van der Waals surface area contributed by atoms with Crippen molar-refractivity contribution in [3.63, 3.8) is 0 Å². The van der Waals surface area contributed by atoms with Crippen LogP contribution >= 0.6 is 0 Å². The molecule has 0 bridgehead atoms. The van der Waals surface area contributed by atoms with E-state index in [2.05, 4.69) is 60.7 Å². The summed E-state index contributed by atoms with van der Waals surface area (Å²) < 4.78 is 2.05. The average Bonchev–Trinajstić information content (AvgIpc) is 3.18. The number of halogens is 2. The summed E-state index contributed by atoms with van der Waals surface area (Å²) in [4.78, 5) is 0. The van der Waals surface area contributed by atoms with Crippen molar-refractivity contribution < 1.29 is 48.0 Å². The Morgan fingerprint density at radius 2 is 1.74 bits per heavy atom. The van der Waals surface area contributed by atoms with Gasteiger partial charge in [-0.1, -0.05) is 0 Å². The summed E-state index contributed by atoms with van der Waals surface area (Å²) in [5.74, 6) is 0. The molecule has 1 aromatic carbocycles. The van der Waals surface area contributed by atoms with Gasteiger partial charge in [0.05, 0.1) is 0 Å². The maximum absolute atomic E-state index is 2.57. The van der Waals surface area contributed by atoms with Gasteiger partial charge in [0.2, 0.25) is 0 Å². The van der Waals surface area contributed by atoms with E-state index in [9.17, 15) is 0 Å². The molecular formula is C20H20Cl2Zr. The minimum Gasteiger partial charge on any atom is -1.00 e. The van der Waals surface area contributed by atoms with Crippen molar-refractivity contribution >= 4 is 0 Å². The smallest absolute Gasteiger partial charge is 1.00 e. The molecule has 0 spiro atoms. The maximum atomic E-state index is 2.57. The topological polar surface area (TPSA) is 0 Å². The van der Waals surface area contributed by atoms with Gasteiger partial charge in [-0.3, -0.25) is 0 Å². The SMILES string of the molecule is C1=CC[C]([Zr+2][C]2(c3ccccc3)C=CC3=C2CCCC3)=C1.[Cl-].[Cl-]. The third-order valence-corrected chi connectivity index (χ3v) is 9.41. The Bertz CT molecular complexity index is 670. The predicted molar refractivity (Wildman–Crippen MR) is 84.6 cm³/mol. The molecule has 0 fully saturated rings. The van der Waals surface area contributed by atoms with E-state index in [1.54, 1.807) is 20.0 Å². The zero-order valence-electron chi connectivity index (χ0n) is 13.1. The first-order valence-electron chi connectivity index (χ1n) is 8.00. The van der Waals surface area contributed by atoms with Gasteiger partial charge in [0.1, 0.15) is 0 Å². The molecule has 3 aliphatic rings. The van der Waals surface area contributed by atoms with Crippen LogP contribution in [0, 0.1) is 0 Å². The van der Waals surface area contributed by atoms with E-state index in [4.69, 9.17) is 0 Å². The molecule has 0 heterocycles. The Labute approximate surface area is 163 Å². The van der Waals surface area contributed by atoms with Gasteiger partial charge in [-0.05, 0) is 0 Å². The van der Waals surface area contributed by atoms with Crippen molar-refractivity contribution in [3.8, 4) is 0 Å². The number of hydrogen-bond donors (Lipinski definition) is 0. The third kappa shape index (κ3) is 3.53. The van der Waals surface area contributed by atoms with Crippen molar-refractivity contribution in [2.75, 3.05) is 0 Å². The van der Waals surface area contributed by atoms with E-state index in [-0.39, 0.29) is 24.8 Å². The van der Waals surface area contributed by atoms with Crippen molar-refractivity contribution in [1.82, 2.24) is 0 Å². The van der Waals surface area contributed by atoms with Gasteiger partial charge >= 0.3 is 139 Å². The predicted octanol–water partition coefficient (Wildman–Crippen LogP) is -0.743. The van der Waals surface area contributed by atoms with Gasteiger partial charge in [-0.2, -0.15) is 0 Å². The van der Waals surface area contributed by atoms with Gasteiger partial charge in [0, 0.05) is 0 Å². The van der Waals surface area contributed by atoms with E-state index in [1.807, 2.05) is 0 Å². The van der Waals surface area contributed by atoms with Crippen LogP contribution in [0.15, 0.2) is 75.1 Å². The Hall–Kier alpha value is -0.357. The third-order valence-electron chi connectivity index (χ3n) is 4.88. The van der Waals surface area contributed by atoms with Crippen LogP contribution in [0.5, 0.6) is 0 Å². The van der Waals surface area contributed by atoms with Crippen LogP contribution in [0.25, 0.3) is 0 Å². The van der Waals surface area contributed by atoms with Crippen LogP contribution in [0.4, 0.5) is 0 Å². The van der Waals surface area contributed by atoms with Crippen LogP contribution in [0.1, 0.15) is 37.7 Å². The van der Waals surface area contributed by atoms with Gasteiger partial charge in [0.25, 0.3) is 0 Å². The fourth-order valence-electron chi connectivity index (χ4n) is 3.84. The Morgan fingerprint density at radius 1 is 0.957 bits per heavy atom. The minimum atomic E-state index is -0.690. The van der Waals surface area contributed by atoms with Crippen LogP contribution in [-0.2, 0) is 26.4 Å². The van der Waals surface area contributed by atoms with Crippen molar-refractivity contribution in [1.29, 1.82) is 0 Å². The Morgan fingerprint density at radius 3 is 2.48 bits per heavy atom. The van der Waals surface area contributed by atoms with Gasteiger partial charge in [0.15, 0.2) is 0 Å². The number of hydrogen-bond acceptors (Lipinski definition) is 0. The van der Waals surface area contributed by atoms with Crippen molar-refractivity contribution in [2.24, 2.45) is 0 Å². The first-order chi connectivity index (χ1) is 10.4. The summed E-state index contributed by atoms with van der Waals surface area (Å²) >= 11 is -0.690. The van der Waals surface area contributed by atoms with Gasteiger partial charge in [-0.15, -0.1) is 0 Å². The molecule has 0 aliphatic heterocycles. The second-order valence-electron chi connectivity index (χ2n) is 6.17. The molecule has 4 rings (SSSR count). The molecule has 0 radical (unpaired) electrons. The summed E-state index contributed by atoms with van der Waals surface area (Å²) in [5.41, 5.74) is 4.99. The molecule has 23 heavy (non-hydrogen) atoms. The monoisotopic (exact) mass is 420 g/mol. The normalized spacial score (nSPS) is 24.4. The number of rotatable bonds is 3. The molecular weight excluding hydrogens is 402 g/mol.